The Balaban J connectivity index is 2.50. The molecule has 0 fully saturated rings. The maximum Gasteiger partial charge on any atom is 0.408 e. The van der Waals surface area contributed by atoms with Gasteiger partial charge in [-0.05, 0) is 38.0 Å². The molecule has 5 nitrogen and oxygen atoms in total. The molecular weight excluding hydrogens is 371 g/mol. The first kappa shape index (κ1) is 20.1. The number of nitrogens with zero attached hydrogens (tertiary/aromatic N) is 2. The second-order valence-electron chi connectivity index (χ2n) is 5.77. The van der Waals surface area contributed by atoms with E-state index in [1.165, 1.54) is 10.7 Å². The van der Waals surface area contributed by atoms with Gasteiger partial charge in [-0.25, -0.2) is 4.79 Å². The predicted molar refractivity (Wildman–Crippen MR) is 93.8 cm³/mol. The zero-order valence-electron chi connectivity index (χ0n) is 14.5. The summed E-state index contributed by atoms with van der Waals surface area (Å²) in [7, 11) is 0. The molecule has 0 saturated carbocycles. The SMILES string of the molecule is CCc1cc(NC(C)C(F)(F)F)ccc1-c1c(Cl)c(C(=O)O)nn1CC. The maximum absolute atomic E-state index is 12.7. The van der Waals surface area contributed by atoms with Gasteiger partial charge in [0.1, 0.15) is 11.1 Å². The van der Waals surface area contributed by atoms with Crippen molar-refractivity contribution in [1.29, 1.82) is 0 Å². The summed E-state index contributed by atoms with van der Waals surface area (Å²) in [5, 5.41) is 15.7. The molecule has 0 radical (unpaired) electrons. The summed E-state index contributed by atoms with van der Waals surface area (Å²) >= 11 is 6.22. The summed E-state index contributed by atoms with van der Waals surface area (Å²) in [5.41, 5.74) is 1.90. The number of carboxylic acids is 1. The molecule has 0 saturated heterocycles. The highest BCUT2D eigenvalue weighted by atomic mass is 35.5. The summed E-state index contributed by atoms with van der Waals surface area (Å²) in [5.74, 6) is -1.24. The van der Waals surface area contributed by atoms with Crippen LogP contribution >= 0.6 is 11.6 Å². The minimum absolute atomic E-state index is 0.0124. The molecule has 142 valence electrons. The molecule has 9 heteroatoms. The lowest BCUT2D eigenvalue weighted by atomic mass is 10.0. The van der Waals surface area contributed by atoms with Gasteiger partial charge in [0.2, 0.25) is 0 Å². The Labute approximate surface area is 153 Å². The quantitative estimate of drug-likeness (QED) is 0.741. The minimum atomic E-state index is -4.36. The molecule has 1 aromatic heterocycles. The number of aromatic nitrogens is 2. The van der Waals surface area contributed by atoms with Crippen LogP contribution in [0.1, 0.15) is 36.8 Å². The van der Waals surface area contributed by atoms with Gasteiger partial charge in [0.15, 0.2) is 5.69 Å². The van der Waals surface area contributed by atoms with Crippen LogP contribution in [0.3, 0.4) is 0 Å². The molecule has 1 atom stereocenters. The largest absolute Gasteiger partial charge is 0.476 e. The van der Waals surface area contributed by atoms with Gasteiger partial charge in [0.25, 0.3) is 0 Å². The number of alkyl halides is 3. The topological polar surface area (TPSA) is 67.2 Å². The predicted octanol–water partition coefficient (Wildman–Crippen LogP) is 4.85. The van der Waals surface area contributed by atoms with Crippen LogP contribution in [-0.4, -0.2) is 33.1 Å². The fourth-order valence-electron chi connectivity index (χ4n) is 2.60. The molecule has 0 aliphatic heterocycles. The number of carboxylic acid groups (broad SMARTS) is 1. The van der Waals surface area contributed by atoms with E-state index in [2.05, 4.69) is 10.4 Å². The molecule has 0 bridgehead atoms. The first-order chi connectivity index (χ1) is 12.1. The summed E-state index contributed by atoms with van der Waals surface area (Å²) in [6, 6.07) is 3.06. The molecule has 0 amide bonds. The van der Waals surface area contributed by atoms with E-state index in [0.29, 0.717) is 29.9 Å². The van der Waals surface area contributed by atoms with Crippen molar-refractivity contribution < 1.29 is 23.1 Å². The van der Waals surface area contributed by atoms with Crippen LogP contribution in [0.25, 0.3) is 11.3 Å². The van der Waals surface area contributed by atoms with E-state index in [0.717, 1.165) is 12.5 Å². The van der Waals surface area contributed by atoms with E-state index in [1.807, 2.05) is 6.92 Å². The number of nitrogens with one attached hydrogen (secondary N) is 1. The smallest absolute Gasteiger partial charge is 0.408 e. The number of aromatic carboxylic acids is 1. The number of carbonyl (C=O) groups is 1. The number of anilines is 1. The van der Waals surface area contributed by atoms with E-state index in [1.54, 1.807) is 19.1 Å². The van der Waals surface area contributed by atoms with Crippen molar-refractivity contribution in [2.75, 3.05) is 5.32 Å². The number of benzene rings is 1. The van der Waals surface area contributed by atoms with Gasteiger partial charge in [-0.15, -0.1) is 0 Å². The van der Waals surface area contributed by atoms with E-state index in [-0.39, 0.29) is 10.7 Å². The first-order valence-electron chi connectivity index (χ1n) is 8.06. The van der Waals surface area contributed by atoms with E-state index >= 15 is 0 Å². The van der Waals surface area contributed by atoms with Crippen molar-refractivity contribution in [3.8, 4) is 11.3 Å². The standard InChI is InChI=1S/C17H19ClF3N3O2/c1-4-10-8-11(22-9(3)17(19,20)21)6-7-12(10)15-13(18)14(16(25)26)23-24(15)5-2/h6-9,22H,4-5H2,1-3H3,(H,25,26). The van der Waals surface area contributed by atoms with Crippen LogP contribution in [0.4, 0.5) is 18.9 Å². The number of halogens is 4. The molecular formula is C17H19ClF3N3O2. The summed E-state index contributed by atoms with van der Waals surface area (Å²) < 4.78 is 39.7. The highest BCUT2D eigenvalue weighted by molar-refractivity contribution is 6.35. The lowest BCUT2D eigenvalue weighted by Gasteiger charge is -2.20. The Morgan fingerprint density at radius 1 is 1.38 bits per heavy atom. The number of hydrogen-bond donors (Lipinski definition) is 2. The van der Waals surface area contributed by atoms with Gasteiger partial charge in [0.05, 0.1) is 5.69 Å². The van der Waals surface area contributed by atoms with Crippen LogP contribution in [0.5, 0.6) is 0 Å². The Morgan fingerprint density at radius 3 is 2.54 bits per heavy atom. The van der Waals surface area contributed by atoms with Crippen LogP contribution in [-0.2, 0) is 13.0 Å². The second-order valence-corrected chi connectivity index (χ2v) is 6.14. The van der Waals surface area contributed by atoms with Crippen molar-refractivity contribution in [2.45, 2.75) is 46.0 Å². The summed E-state index contributed by atoms with van der Waals surface area (Å²) in [6.07, 6.45) is -3.83. The Hall–Kier alpha value is -2.22. The Bertz CT molecular complexity index is 818. The minimum Gasteiger partial charge on any atom is -0.476 e. The zero-order valence-corrected chi connectivity index (χ0v) is 15.2. The van der Waals surface area contributed by atoms with Crippen LogP contribution in [0.15, 0.2) is 18.2 Å². The highest BCUT2D eigenvalue weighted by Gasteiger charge is 2.36. The second kappa shape index (κ2) is 7.57. The van der Waals surface area contributed by atoms with E-state index in [9.17, 15) is 23.1 Å². The Kier molecular flexibility index (Phi) is 5.85. The molecule has 0 spiro atoms. The van der Waals surface area contributed by atoms with Crippen molar-refractivity contribution >= 4 is 23.3 Å². The molecule has 1 heterocycles. The third-order valence-corrected chi connectivity index (χ3v) is 4.37. The molecule has 26 heavy (non-hydrogen) atoms. The summed E-state index contributed by atoms with van der Waals surface area (Å²) in [4.78, 5) is 11.3. The number of hydrogen-bond acceptors (Lipinski definition) is 3. The molecule has 2 aromatic rings. The van der Waals surface area contributed by atoms with Crippen LogP contribution in [0.2, 0.25) is 5.02 Å². The lowest BCUT2D eigenvalue weighted by Crippen LogP contribution is -2.33. The molecule has 1 unspecified atom stereocenters. The van der Waals surface area contributed by atoms with E-state index in [4.69, 9.17) is 11.6 Å². The van der Waals surface area contributed by atoms with Crippen molar-refractivity contribution in [3.05, 3.63) is 34.5 Å². The summed E-state index contributed by atoms with van der Waals surface area (Å²) in [6.45, 7) is 5.10. The average Bonchev–Trinajstić information content (AvgIpc) is 2.90. The maximum atomic E-state index is 12.7. The monoisotopic (exact) mass is 389 g/mol. The van der Waals surface area contributed by atoms with E-state index < -0.39 is 18.2 Å². The fraction of sp³-hybridized carbons (Fsp3) is 0.412. The van der Waals surface area contributed by atoms with Crippen molar-refractivity contribution in [3.63, 3.8) is 0 Å². The van der Waals surface area contributed by atoms with Crippen LogP contribution < -0.4 is 5.32 Å². The first-order valence-corrected chi connectivity index (χ1v) is 8.44. The third-order valence-electron chi connectivity index (χ3n) is 4.01. The molecule has 2 rings (SSSR count). The lowest BCUT2D eigenvalue weighted by molar-refractivity contribution is -0.138. The van der Waals surface area contributed by atoms with Gasteiger partial charge < -0.3 is 10.4 Å². The van der Waals surface area contributed by atoms with Crippen molar-refractivity contribution in [1.82, 2.24) is 9.78 Å². The van der Waals surface area contributed by atoms with Gasteiger partial charge >= 0.3 is 12.1 Å². The highest BCUT2D eigenvalue weighted by Crippen LogP contribution is 2.35. The molecule has 0 aliphatic carbocycles. The third kappa shape index (κ3) is 3.95. The van der Waals surface area contributed by atoms with Gasteiger partial charge in [-0.1, -0.05) is 24.6 Å². The zero-order chi connectivity index (χ0) is 19.6. The fourth-order valence-corrected chi connectivity index (χ4v) is 2.92. The van der Waals surface area contributed by atoms with Crippen molar-refractivity contribution in [2.24, 2.45) is 0 Å². The van der Waals surface area contributed by atoms with Gasteiger partial charge in [0, 0.05) is 17.8 Å². The van der Waals surface area contributed by atoms with Gasteiger partial charge in [-0.2, -0.15) is 18.3 Å². The van der Waals surface area contributed by atoms with Gasteiger partial charge in [-0.3, -0.25) is 4.68 Å². The Morgan fingerprint density at radius 2 is 2.04 bits per heavy atom. The van der Waals surface area contributed by atoms with Crippen LogP contribution in [0, 0.1) is 0 Å². The molecule has 2 N–H and O–H groups in total. The molecule has 0 aliphatic rings. The number of aryl methyl sites for hydroxylation is 2. The molecule has 1 aromatic carbocycles. The normalized spacial score (nSPS) is 12.9. The average molecular weight is 390 g/mol. The number of rotatable bonds is 6.